The Morgan fingerprint density at radius 1 is 1.10 bits per heavy atom. The van der Waals surface area contributed by atoms with Crippen LogP contribution in [0, 0.1) is 5.82 Å². The number of carbonyl (C=O) groups excluding carboxylic acids is 2. The molecule has 6 heteroatoms. The summed E-state index contributed by atoms with van der Waals surface area (Å²) >= 11 is 5.69. The molecule has 112 valence electrons. The van der Waals surface area contributed by atoms with Gasteiger partial charge in [-0.15, -0.1) is 0 Å². The van der Waals surface area contributed by atoms with Crippen molar-refractivity contribution in [2.75, 3.05) is 31.1 Å². The fourth-order valence-electron chi connectivity index (χ4n) is 2.94. The fraction of sp³-hybridized carbons (Fsp3) is 0.467. The third-order valence-electron chi connectivity index (χ3n) is 4.10. The van der Waals surface area contributed by atoms with E-state index in [-0.39, 0.29) is 10.6 Å². The highest BCUT2D eigenvalue weighted by molar-refractivity contribution is 6.52. The lowest BCUT2D eigenvalue weighted by molar-refractivity contribution is -0.114. The first-order valence-corrected chi connectivity index (χ1v) is 7.53. The Bertz CT molecular complexity index is 600. The molecule has 0 radical (unpaired) electrons. The first-order valence-electron chi connectivity index (χ1n) is 7.15. The lowest BCUT2D eigenvalue weighted by atomic mass is 10.1. The first-order chi connectivity index (χ1) is 10.1. The number of fused-ring (bicyclic) bond motifs is 1. The van der Waals surface area contributed by atoms with E-state index in [0.29, 0.717) is 18.8 Å². The Kier molecular flexibility index (Phi) is 3.95. The maximum Gasteiger partial charge on any atom is 0.299 e. The van der Waals surface area contributed by atoms with Gasteiger partial charge in [0, 0.05) is 13.1 Å². The third kappa shape index (κ3) is 2.68. The van der Waals surface area contributed by atoms with Gasteiger partial charge in [0.2, 0.25) is 0 Å². The van der Waals surface area contributed by atoms with Gasteiger partial charge in [-0.3, -0.25) is 9.59 Å². The summed E-state index contributed by atoms with van der Waals surface area (Å²) in [5.41, 5.74) is 0.536. The van der Waals surface area contributed by atoms with Gasteiger partial charge in [-0.2, -0.15) is 0 Å². The van der Waals surface area contributed by atoms with Crippen molar-refractivity contribution in [2.24, 2.45) is 0 Å². The molecule has 4 nitrogen and oxygen atoms in total. The Morgan fingerprint density at radius 2 is 1.81 bits per heavy atom. The van der Waals surface area contributed by atoms with Gasteiger partial charge in [0.1, 0.15) is 5.82 Å². The molecule has 1 amide bonds. The summed E-state index contributed by atoms with van der Waals surface area (Å²) < 4.78 is 13.6. The van der Waals surface area contributed by atoms with E-state index in [2.05, 4.69) is 4.90 Å². The van der Waals surface area contributed by atoms with Crippen LogP contribution in [0.15, 0.2) is 12.1 Å². The monoisotopic (exact) mass is 310 g/mol. The van der Waals surface area contributed by atoms with Crippen molar-refractivity contribution >= 4 is 29.0 Å². The maximum atomic E-state index is 13.6. The molecule has 2 aliphatic rings. The molecule has 2 heterocycles. The van der Waals surface area contributed by atoms with Crippen LogP contribution in [0.25, 0.3) is 0 Å². The second-order valence-electron chi connectivity index (χ2n) is 5.47. The van der Waals surface area contributed by atoms with Crippen LogP contribution in [-0.4, -0.2) is 42.8 Å². The van der Waals surface area contributed by atoms with E-state index in [1.165, 1.54) is 23.5 Å². The normalized spacial score (nSPS) is 19.2. The van der Waals surface area contributed by atoms with Gasteiger partial charge >= 0.3 is 0 Å². The number of nitrogens with zero attached hydrogens (tertiary/aromatic N) is 2. The summed E-state index contributed by atoms with van der Waals surface area (Å²) in [5.74, 6) is -1.81. The van der Waals surface area contributed by atoms with Crippen molar-refractivity contribution in [3.63, 3.8) is 0 Å². The van der Waals surface area contributed by atoms with Gasteiger partial charge < -0.3 is 9.80 Å². The van der Waals surface area contributed by atoms with E-state index >= 15 is 0 Å². The molecule has 21 heavy (non-hydrogen) atoms. The highest BCUT2D eigenvalue weighted by Gasteiger charge is 2.36. The predicted octanol–water partition coefficient (Wildman–Crippen LogP) is 2.49. The van der Waals surface area contributed by atoms with Gasteiger partial charge in [0.25, 0.3) is 11.7 Å². The minimum atomic E-state index is -0.610. The van der Waals surface area contributed by atoms with E-state index < -0.39 is 17.5 Å². The van der Waals surface area contributed by atoms with Crippen molar-refractivity contribution in [1.29, 1.82) is 0 Å². The second kappa shape index (κ2) is 5.73. The number of amides is 1. The zero-order valence-electron chi connectivity index (χ0n) is 11.6. The summed E-state index contributed by atoms with van der Waals surface area (Å²) in [6.07, 6.45) is 3.56. The summed E-state index contributed by atoms with van der Waals surface area (Å²) in [5, 5.41) is -0.132. The zero-order valence-corrected chi connectivity index (χ0v) is 12.3. The number of anilines is 1. The fourth-order valence-corrected chi connectivity index (χ4v) is 3.10. The molecule has 0 aliphatic carbocycles. The van der Waals surface area contributed by atoms with Crippen LogP contribution in [-0.2, 0) is 4.79 Å². The zero-order chi connectivity index (χ0) is 15.0. The average molecular weight is 311 g/mol. The molecule has 0 saturated carbocycles. The molecular formula is C15H16ClFN2O2. The van der Waals surface area contributed by atoms with Crippen molar-refractivity contribution in [3.05, 3.63) is 28.5 Å². The largest absolute Gasteiger partial charge is 0.303 e. The summed E-state index contributed by atoms with van der Waals surface area (Å²) in [6, 6.07) is 2.42. The topological polar surface area (TPSA) is 40.6 Å². The summed E-state index contributed by atoms with van der Waals surface area (Å²) in [4.78, 5) is 27.6. The van der Waals surface area contributed by atoms with Crippen LogP contribution in [0.2, 0.25) is 5.02 Å². The molecular weight excluding hydrogens is 295 g/mol. The summed E-state index contributed by atoms with van der Waals surface area (Å²) in [7, 11) is 0. The number of Topliss-reactive ketones (excluding diaryl/α,β-unsaturated/α-hetero) is 1. The van der Waals surface area contributed by atoms with Gasteiger partial charge in [-0.1, -0.05) is 18.0 Å². The lowest BCUT2D eigenvalue weighted by Crippen LogP contribution is -2.40. The van der Waals surface area contributed by atoms with Crippen molar-refractivity contribution in [1.82, 2.24) is 4.90 Å². The average Bonchev–Trinajstić information content (AvgIpc) is 2.71. The predicted molar refractivity (Wildman–Crippen MR) is 78.4 cm³/mol. The number of piperidine rings is 1. The molecule has 1 fully saturated rings. The number of hydrogen-bond acceptors (Lipinski definition) is 3. The van der Waals surface area contributed by atoms with Gasteiger partial charge in [-0.25, -0.2) is 4.39 Å². The highest BCUT2D eigenvalue weighted by atomic mass is 35.5. The first kappa shape index (κ1) is 14.5. The molecule has 0 unspecified atom stereocenters. The molecule has 0 aromatic heterocycles. The number of rotatable bonds is 3. The van der Waals surface area contributed by atoms with Crippen molar-refractivity contribution in [2.45, 2.75) is 19.3 Å². The van der Waals surface area contributed by atoms with E-state index in [4.69, 9.17) is 11.6 Å². The van der Waals surface area contributed by atoms with Gasteiger partial charge in [-0.05, 0) is 38.1 Å². The summed E-state index contributed by atoms with van der Waals surface area (Å²) in [6.45, 7) is 3.12. The molecule has 0 N–H and O–H groups in total. The molecule has 3 rings (SSSR count). The molecule has 2 aliphatic heterocycles. The van der Waals surface area contributed by atoms with Crippen LogP contribution in [0.1, 0.15) is 29.6 Å². The van der Waals surface area contributed by atoms with Crippen LogP contribution in [0.4, 0.5) is 10.1 Å². The Hall–Kier alpha value is -1.46. The Balaban J connectivity index is 1.78. The SMILES string of the molecule is O=C1C(=O)N(CCN2CCCCC2)c2cc(F)c(Cl)cc21. The van der Waals surface area contributed by atoms with Crippen molar-refractivity contribution in [3.8, 4) is 0 Å². The maximum absolute atomic E-state index is 13.6. The molecule has 1 aromatic rings. The number of benzene rings is 1. The highest BCUT2D eigenvalue weighted by Crippen LogP contribution is 2.33. The van der Waals surface area contributed by atoms with Gasteiger partial charge in [0.05, 0.1) is 16.3 Å². The van der Waals surface area contributed by atoms with E-state index in [1.807, 2.05) is 0 Å². The van der Waals surface area contributed by atoms with Crippen LogP contribution in [0.3, 0.4) is 0 Å². The van der Waals surface area contributed by atoms with E-state index in [0.717, 1.165) is 25.9 Å². The number of halogens is 2. The number of ketones is 1. The molecule has 1 aromatic carbocycles. The lowest BCUT2D eigenvalue weighted by Gasteiger charge is -2.28. The van der Waals surface area contributed by atoms with E-state index in [1.54, 1.807) is 0 Å². The van der Waals surface area contributed by atoms with Gasteiger partial charge in [0.15, 0.2) is 0 Å². The Labute approximate surface area is 127 Å². The van der Waals surface area contributed by atoms with Crippen molar-refractivity contribution < 1.29 is 14.0 Å². The standard InChI is InChI=1S/C15H16ClFN2O2/c16-11-8-10-13(9-12(11)17)19(15(21)14(10)20)7-6-18-4-2-1-3-5-18/h8-9H,1-7H2. The van der Waals surface area contributed by atoms with Crippen LogP contribution >= 0.6 is 11.6 Å². The number of carbonyl (C=O) groups is 2. The minimum absolute atomic E-state index is 0.132. The Morgan fingerprint density at radius 3 is 2.52 bits per heavy atom. The minimum Gasteiger partial charge on any atom is -0.303 e. The molecule has 0 atom stereocenters. The van der Waals surface area contributed by atoms with Crippen LogP contribution in [0.5, 0.6) is 0 Å². The molecule has 0 bridgehead atoms. The quantitative estimate of drug-likeness (QED) is 0.805. The molecule has 1 saturated heterocycles. The number of likely N-dealkylation sites (tertiary alicyclic amines) is 1. The third-order valence-corrected chi connectivity index (χ3v) is 4.39. The van der Waals surface area contributed by atoms with Crippen LogP contribution < -0.4 is 4.90 Å². The molecule has 0 spiro atoms. The number of hydrogen-bond donors (Lipinski definition) is 0. The van der Waals surface area contributed by atoms with E-state index in [9.17, 15) is 14.0 Å². The smallest absolute Gasteiger partial charge is 0.299 e. The second-order valence-corrected chi connectivity index (χ2v) is 5.88.